The Hall–Kier alpha value is -1.42. The van der Waals surface area contributed by atoms with Crippen LogP contribution in [0.3, 0.4) is 0 Å². The van der Waals surface area contributed by atoms with Crippen molar-refractivity contribution in [3.8, 4) is 11.5 Å². The van der Waals surface area contributed by atoms with Crippen LogP contribution in [-0.4, -0.2) is 12.2 Å². The minimum atomic E-state index is 0.231. The van der Waals surface area contributed by atoms with Crippen LogP contribution in [0.4, 0.5) is 0 Å². The van der Waals surface area contributed by atoms with Gasteiger partial charge in [0.2, 0.25) is 0 Å². The minimum absolute atomic E-state index is 0.231. The second-order valence-corrected chi connectivity index (χ2v) is 5.20. The van der Waals surface area contributed by atoms with Crippen LogP contribution < -0.4 is 10.1 Å². The van der Waals surface area contributed by atoms with Crippen LogP contribution in [0.15, 0.2) is 36.4 Å². The summed E-state index contributed by atoms with van der Waals surface area (Å²) in [6.07, 6.45) is 0. The van der Waals surface area contributed by atoms with E-state index in [1.165, 1.54) is 0 Å². The summed E-state index contributed by atoms with van der Waals surface area (Å²) < 4.78 is 5.79. The highest BCUT2D eigenvalue weighted by Crippen LogP contribution is 2.33. The summed E-state index contributed by atoms with van der Waals surface area (Å²) in [4.78, 5) is 0. The Morgan fingerprint density at radius 3 is 2.50 bits per heavy atom. The van der Waals surface area contributed by atoms with Gasteiger partial charge in [-0.15, -0.1) is 0 Å². The van der Waals surface area contributed by atoms with Gasteiger partial charge in [0.05, 0.1) is 5.02 Å². The monoisotopic (exact) mass is 311 g/mol. The molecule has 0 atom stereocenters. The molecule has 2 rings (SSSR count). The van der Waals surface area contributed by atoms with Gasteiger partial charge < -0.3 is 15.2 Å². The number of nitrogens with one attached hydrogen (secondary N) is 1. The zero-order chi connectivity index (χ0) is 14.5. The van der Waals surface area contributed by atoms with Crippen molar-refractivity contribution in [2.45, 2.75) is 13.2 Å². The molecular weight excluding hydrogens is 297 g/mol. The van der Waals surface area contributed by atoms with Crippen LogP contribution in [0.2, 0.25) is 10.0 Å². The molecular formula is C15H15Cl2NO2. The molecule has 3 nitrogen and oxygen atoms in total. The third-order valence-electron chi connectivity index (χ3n) is 2.77. The van der Waals surface area contributed by atoms with Gasteiger partial charge in [-0.2, -0.15) is 0 Å². The van der Waals surface area contributed by atoms with Crippen LogP contribution >= 0.6 is 23.2 Å². The molecule has 0 saturated carbocycles. The molecule has 0 saturated heterocycles. The number of halogens is 2. The lowest BCUT2D eigenvalue weighted by atomic mass is 10.2. The second kappa shape index (κ2) is 6.84. The van der Waals surface area contributed by atoms with Gasteiger partial charge in [0.1, 0.15) is 18.1 Å². The van der Waals surface area contributed by atoms with Gasteiger partial charge in [0, 0.05) is 17.1 Å². The van der Waals surface area contributed by atoms with E-state index in [0.717, 1.165) is 11.1 Å². The molecule has 0 spiro atoms. The minimum Gasteiger partial charge on any atom is -0.508 e. The predicted molar refractivity (Wildman–Crippen MR) is 81.7 cm³/mol. The first kappa shape index (κ1) is 15.0. The van der Waals surface area contributed by atoms with E-state index >= 15 is 0 Å². The summed E-state index contributed by atoms with van der Waals surface area (Å²) in [5.41, 5.74) is 1.85. The van der Waals surface area contributed by atoms with Gasteiger partial charge in [-0.25, -0.2) is 0 Å². The Balaban J connectivity index is 2.17. The molecule has 2 aromatic carbocycles. The Morgan fingerprint density at radius 1 is 1.15 bits per heavy atom. The summed E-state index contributed by atoms with van der Waals surface area (Å²) in [6, 6.07) is 10.3. The number of hydrogen-bond donors (Lipinski definition) is 2. The topological polar surface area (TPSA) is 41.5 Å². The predicted octanol–water partition coefficient (Wildman–Crippen LogP) is 4.00. The van der Waals surface area contributed by atoms with Crippen molar-refractivity contribution in [2.75, 3.05) is 7.05 Å². The molecule has 0 unspecified atom stereocenters. The van der Waals surface area contributed by atoms with E-state index in [1.807, 2.05) is 13.1 Å². The van der Waals surface area contributed by atoms with E-state index in [-0.39, 0.29) is 5.75 Å². The summed E-state index contributed by atoms with van der Waals surface area (Å²) in [5.74, 6) is 0.854. The standard InChI is InChI=1S/C15H15Cl2NO2/c1-18-8-11-6-12(16)7-14(17)15(11)20-9-10-2-4-13(19)5-3-10/h2-7,18-19H,8-9H2,1H3. The highest BCUT2D eigenvalue weighted by molar-refractivity contribution is 6.35. The quantitative estimate of drug-likeness (QED) is 0.877. The van der Waals surface area contributed by atoms with Crippen LogP contribution in [0.1, 0.15) is 11.1 Å². The van der Waals surface area contributed by atoms with Gasteiger partial charge in [-0.05, 0) is 36.9 Å². The Kier molecular flexibility index (Phi) is 5.12. The molecule has 0 amide bonds. The molecule has 0 aliphatic rings. The van der Waals surface area contributed by atoms with Crippen LogP contribution in [0.5, 0.6) is 11.5 Å². The number of hydrogen-bond acceptors (Lipinski definition) is 3. The summed E-state index contributed by atoms with van der Waals surface area (Å²) >= 11 is 12.2. The number of aromatic hydroxyl groups is 1. The van der Waals surface area contributed by atoms with Crippen molar-refractivity contribution in [3.63, 3.8) is 0 Å². The summed E-state index contributed by atoms with van der Waals surface area (Å²) in [5, 5.41) is 13.4. The molecule has 0 aliphatic heterocycles. The lowest BCUT2D eigenvalue weighted by molar-refractivity contribution is 0.302. The smallest absolute Gasteiger partial charge is 0.142 e. The first-order valence-corrected chi connectivity index (χ1v) is 6.89. The third-order valence-corrected chi connectivity index (χ3v) is 3.27. The Labute approximate surface area is 128 Å². The SMILES string of the molecule is CNCc1cc(Cl)cc(Cl)c1OCc1ccc(O)cc1. The summed E-state index contributed by atoms with van der Waals surface area (Å²) in [6.45, 7) is 0.990. The van der Waals surface area contributed by atoms with Gasteiger partial charge in [0.15, 0.2) is 0 Å². The zero-order valence-electron chi connectivity index (χ0n) is 11.0. The van der Waals surface area contributed by atoms with E-state index in [2.05, 4.69) is 5.32 Å². The molecule has 5 heteroatoms. The van der Waals surface area contributed by atoms with Crippen molar-refractivity contribution < 1.29 is 9.84 Å². The lowest BCUT2D eigenvalue weighted by Crippen LogP contribution is -2.08. The van der Waals surface area contributed by atoms with Crippen LogP contribution in [-0.2, 0) is 13.2 Å². The maximum Gasteiger partial charge on any atom is 0.142 e. The van der Waals surface area contributed by atoms with Gasteiger partial charge >= 0.3 is 0 Å². The number of benzene rings is 2. The molecule has 20 heavy (non-hydrogen) atoms. The molecule has 0 radical (unpaired) electrons. The van der Waals surface area contributed by atoms with Crippen LogP contribution in [0.25, 0.3) is 0 Å². The van der Waals surface area contributed by atoms with Crippen molar-refractivity contribution in [2.24, 2.45) is 0 Å². The fraction of sp³-hybridized carbons (Fsp3) is 0.200. The summed E-state index contributed by atoms with van der Waals surface area (Å²) in [7, 11) is 1.85. The number of ether oxygens (including phenoxy) is 1. The van der Waals surface area contributed by atoms with E-state index in [0.29, 0.717) is 28.9 Å². The van der Waals surface area contributed by atoms with E-state index < -0.39 is 0 Å². The van der Waals surface area contributed by atoms with Gasteiger partial charge in [0.25, 0.3) is 0 Å². The fourth-order valence-corrected chi connectivity index (χ4v) is 2.43. The maximum absolute atomic E-state index is 9.25. The fourth-order valence-electron chi connectivity index (χ4n) is 1.84. The third kappa shape index (κ3) is 3.79. The lowest BCUT2D eigenvalue weighted by Gasteiger charge is -2.14. The van der Waals surface area contributed by atoms with E-state index in [4.69, 9.17) is 27.9 Å². The highest BCUT2D eigenvalue weighted by Gasteiger charge is 2.10. The largest absolute Gasteiger partial charge is 0.508 e. The van der Waals surface area contributed by atoms with E-state index in [9.17, 15) is 5.11 Å². The molecule has 0 fully saturated rings. The number of rotatable bonds is 5. The number of phenols is 1. The molecule has 106 valence electrons. The first-order valence-electron chi connectivity index (χ1n) is 6.13. The molecule has 0 aliphatic carbocycles. The van der Waals surface area contributed by atoms with Crippen molar-refractivity contribution in [1.82, 2.24) is 5.32 Å². The molecule has 0 bridgehead atoms. The van der Waals surface area contributed by atoms with Gasteiger partial charge in [-0.1, -0.05) is 35.3 Å². The number of phenolic OH excluding ortho intramolecular Hbond substituents is 1. The van der Waals surface area contributed by atoms with Crippen LogP contribution in [0, 0.1) is 0 Å². The molecule has 2 N–H and O–H groups in total. The zero-order valence-corrected chi connectivity index (χ0v) is 12.5. The average Bonchev–Trinajstić information content (AvgIpc) is 2.40. The highest BCUT2D eigenvalue weighted by atomic mass is 35.5. The Morgan fingerprint density at radius 2 is 1.85 bits per heavy atom. The van der Waals surface area contributed by atoms with Gasteiger partial charge in [-0.3, -0.25) is 0 Å². The second-order valence-electron chi connectivity index (χ2n) is 4.36. The maximum atomic E-state index is 9.25. The normalized spacial score (nSPS) is 10.6. The Bertz CT molecular complexity index is 585. The van der Waals surface area contributed by atoms with Crippen molar-refractivity contribution in [1.29, 1.82) is 0 Å². The molecule has 2 aromatic rings. The molecule has 0 heterocycles. The average molecular weight is 312 g/mol. The van der Waals surface area contributed by atoms with Crippen molar-refractivity contribution in [3.05, 3.63) is 57.6 Å². The van der Waals surface area contributed by atoms with E-state index in [1.54, 1.807) is 30.3 Å². The first-order chi connectivity index (χ1) is 9.60. The van der Waals surface area contributed by atoms with Crippen molar-refractivity contribution >= 4 is 23.2 Å². The molecule has 0 aromatic heterocycles.